The summed E-state index contributed by atoms with van der Waals surface area (Å²) in [4.78, 5) is 18.5. The monoisotopic (exact) mass is 456 g/mol. The van der Waals surface area contributed by atoms with Gasteiger partial charge in [-0.05, 0) is 54.8 Å². The summed E-state index contributed by atoms with van der Waals surface area (Å²) in [5.74, 6) is 2.22. The molecular formula is C29H32N2O3. The van der Waals surface area contributed by atoms with Crippen LogP contribution in [0.15, 0.2) is 77.6 Å². The second kappa shape index (κ2) is 11.5. The van der Waals surface area contributed by atoms with Crippen molar-refractivity contribution in [3.05, 3.63) is 88.7 Å². The molecule has 0 radical (unpaired) electrons. The number of hydrogen-bond acceptors (Lipinski definition) is 4. The smallest absolute Gasteiger partial charge is 0.261 e. The average Bonchev–Trinajstić information content (AvgIpc) is 2.88. The van der Waals surface area contributed by atoms with E-state index in [0.29, 0.717) is 36.3 Å². The number of rotatable bonds is 11. The lowest BCUT2D eigenvalue weighted by molar-refractivity contribution is 0.306. The van der Waals surface area contributed by atoms with Crippen LogP contribution in [0, 0.1) is 0 Å². The average molecular weight is 457 g/mol. The molecule has 5 heteroatoms. The number of benzene rings is 3. The van der Waals surface area contributed by atoms with Crippen molar-refractivity contribution in [3.63, 3.8) is 0 Å². The van der Waals surface area contributed by atoms with Gasteiger partial charge in [0.15, 0.2) is 0 Å². The van der Waals surface area contributed by atoms with Crippen molar-refractivity contribution in [3.8, 4) is 22.9 Å². The molecule has 5 nitrogen and oxygen atoms in total. The molecule has 0 fully saturated rings. The number of aromatic nitrogens is 2. The molecule has 34 heavy (non-hydrogen) atoms. The summed E-state index contributed by atoms with van der Waals surface area (Å²) in [5, 5.41) is 0.624. The van der Waals surface area contributed by atoms with Gasteiger partial charge in [-0.25, -0.2) is 4.98 Å². The highest BCUT2D eigenvalue weighted by atomic mass is 16.5. The Bertz CT molecular complexity index is 1280. The molecule has 4 rings (SSSR count). The molecule has 1 heterocycles. The van der Waals surface area contributed by atoms with Crippen LogP contribution in [-0.4, -0.2) is 23.3 Å². The van der Waals surface area contributed by atoms with Crippen molar-refractivity contribution >= 4 is 10.9 Å². The zero-order chi connectivity index (χ0) is 23.8. The van der Waals surface area contributed by atoms with Gasteiger partial charge in [0.25, 0.3) is 5.56 Å². The first-order valence-corrected chi connectivity index (χ1v) is 12.1. The predicted molar refractivity (Wildman–Crippen MR) is 138 cm³/mol. The number of para-hydroxylation sites is 2. The van der Waals surface area contributed by atoms with Crippen LogP contribution in [0.3, 0.4) is 0 Å². The minimum Gasteiger partial charge on any atom is -0.497 e. The minimum atomic E-state index is -0.0353. The number of methoxy groups -OCH3 is 1. The standard InChI is InChI=1S/C29H32N2O3/c1-3-4-5-10-21-34-27-14-9-7-12-25(27)28-30-26-13-8-6-11-24(26)29(32)31(28)20-19-22-15-17-23(33-2)18-16-22/h6-9,11-18H,3-5,10,19-21H2,1-2H3. The van der Waals surface area contributed by atoms with Crippen LogP contribution in [-0.2, 0) is 13.0 Å². The molecule has 0 aliphatic carbocycles. The van der Waals surface area contributed by atoms with Gasteiger partial charge in [0.05, 0.1) is 30.2 Å². The largest absolute Gasteiger partial charge is 0.497 e. The van der Waals surface area contributed by atoms with E-state index >= 15 is 0 Å². The van der Waals surface area contributed by atoms with Crippen LogP contribution in [0.2, 0.25) is 0 Å². The third-order valence-corrected chi connectivity index (χ3v) is 6.03. The number of hydrogen-bond donors (Lipinski definition) is 0. The highest BCUT2D eigenvalue weighted by Gasteiger charge is 2.16. The number of ether oxygens (including phenoxy) is 2. The highest BCUT2D eigenvalue weighted by molar-refractivity contribution is 5.80. The molecule has 1 aromatic heterocycles. The van der Waals surface area contributed by atoms with Crippen molar-refractivity contribution in [2.24, 2.45) is 0 Å². The van der Waals surface area contributed by atoms with Crippen molar-refractivity contribution in [1.29, 1.82) is 0 Å². The van der Waals surface area contributed by atoms with Crippen LogP contribution in [0.5, 0.6) is 11.5 Å². The summed E-state index contributed by atoms with van der Waals surface area (Å²) in [7, 11) is 1.66. The van der Waals surface area contributed by atoms with Crippen molar-refractivity contribution in [1.82, 2.24) is 9.55 Å². The van der Waals surface area contributed by atoms with Gasteiger partial charge in [-0.2, -0.15) is 0 Å². The predicted octanol–water partition coefficient (Wildman–Crippen LogP) is 6.27. The molecule has 3 aromatic carbocycles. The van der Waals surface area contributed by atoms with E-state index in [4.69, 9.17) is 14.5 Å². The zero-order valence-corrected chi connectivity index (χ0v) is 20.0. The first-order chi connectivity index (χ1) is 16.7. The normalized spacial score (nSPS) is 11.0. The van der Waals surface area contributed by atoms with E-state index in [1.807, 2.05) is 72.8 Å². The topological polar surface area (TPSA) is 53.3 Å². The van der Waals surface area contributed by atoms with E-state index in [1.54, 1.807) is 11.7 Å². The van der Waals surface area contributed by atoms with Gasteiger partial charge in [-0.3, -0.25) is 9.36 Å². The second-order valence-electron chi connectivity index (χ2n) is 8.41. The van der Waals surface area contributed by atoms with Crippen LogP contribution in [0.25, 0.3) is 22.3 Å². The van der Waals surface area contributed by atoms with Gasteiger partial charge >= 0.3 is 0 Å². The molecule has 0 aliphatic heterocycles. The fraction of sp³-hybridized carbons (Fsp3) is 0.310. The molecule has 0 bridgehead atoms. The molecule has 0 atom stereocenters. The summed E-state index contributed by atoms with van der Waals surface area (Å²) in [6.07, 6.45) is 5.27. The molecule has 176 valence electrons. The molecular weight excluding hydrogens is 424 g/mol. The lowest BCUT2D eigenvalue weighted by Gasteiger charge is -2.17. The lowest BCUT2D eigenvalue weighted by atomic mass is 10.1. The molecule has 0 saturated heterocycles. The zero-order valence-electron chi connectivity index (χ0n) is 20.0. The number of unbranched alkanes of at least 4 members (excludes halogenated alkanes) is 3. The van der Waals surface area contributed by atoms with Crippen LogP contribution in [0.1, 0.15) is 38.2 Å². The van der Waals surface area contributed by atoms with Crippen LogP contribution < -0.4 is 15.0 Å². The maximum absolute atomic E-state index is 13.6. The molecule has 4 aromatic rings. The summed E-state index contributed by atoms with van der Waals surface area (Å²) in [5.41, 5.74) is 2.63. The fourth-order valence-corrected chi connectivity index (χ4v) is 4.10. The van der Waals surface area contributed by atoms with Crippen molar-refractivity contribution < 1.29 is 9.47 Å². The fourth-order valence-electron chi connectivity index (χ4n) is 4.10. The molecule has 0 N–H and O–H groups in total. The molecule has 0 spiro atoms. The van der Waals surface area contributed by atoms with E-state index in [0.717, 1.165) is 35.5 Å². The Morgan fingerprint density at radius 2 is 1.65 bits per heavy atom. The summed E-state index contributed by atoms with van der Waals surface area (Å²) in [6, 6.07) is 23.4. The van der Waals surface area contributed by atoms with E-state index < -0.39 is 0 Å². The first kappa shape index (κ1) is 23.6. The Hall–Kier alpha value is -3.60. The Morgan fingerprint density at radius 3 is 2.44 bits per heavy atom. The first-order valence-electron chi connectivity index (χ1n) is 12.1. The van der Waals surface area contributed by atoms with Gasteiger partial charge in [-0.1, -0.05) is 62.6 Å². The third-order valence-electron chi connectivity index (χ3n) is 6.03. The lowest BCUT2D eigenvalue weighted by Crippen LogP contribution is -2.24. The number of nitrogens with zero attached hydrogens (tertiary/aromatic N) is 2. The minimum absolute atomic E-state index is 0.0353. The quantitative estimate of drug-likeness (QED) is 0.250. The van der Waals surface area contributed by atoms with Crippen molar-refractivity contribution in [2.75, 3.05) is 13.7 Å². The van der Waals surface area contributed by atoms with Gasteiger partial charge in [0.2, 0.25) is 0 Å². The van der Waals surface area contributed by atoms with E-state index in [2.05, 4.69) is 6.92 Å². The van der Waals surface area contributed by atoms with Crippen molar-refractivity contribution in [2.45, 2.75) is 45.6 Å². The molecule has 0 unspecified atom stereocenters. The van der Waals surface area contributed by atoms with E-state index in [9.17, 15) is 4.79 Å². The Labute approximate surface area is 201 Å². The molecule has 0 amide bonds. The van der Waals surface area contributed by atoms with Gasteiger partial charge in [0.1, 0.15) is 17.3 Å². The summed E-state index contributed by atoms with van der Waals surface area (Å²) >= 11 is 0. The highest BCUT2D eigenvalue weighted by Crippen LogP contribution is 2.29. The third kappa shape index (κ3) is 5.48. The Morgan fingerprint density at radius 1 is 0.882 bits per heavy atom. The van der Waals surface area contributed by atoms with E-state index in [-0.39, 0.29) is 5.56 Å². The van der Waals surface area contributed by atoms with Gasteiger partial charge < -0.3 is 9.47 Å². The Kier molecular flexibility index (Phi) is 7.97. The summed E-state index contributed by atoms with van der Waals surface area (Å²) in [6.45, 7) is 3.37. The second-order valence-corrected chi connectivity index (χ2v) is 8.41. The number of aryl methyl sites for hydroxylation is 1. The molecule has 0 aliphatic rings. The Balaban J connectivity index is 1.69. The van der Waals surface area contributed by atoms with Crippen LogP contribution >= 0.6 is 0 Å². The summed E-state index contributed by atoms with van der Waals surface area (Å²) < 4.78 is 13.2. The van der Waals surface area contributed by atoms with E-state index in [1.165, 1.54) is 12.8 Å². The van der Waals surface area contributed by atoms with Crippen LogP contribution in [0.4, 0.5) is 0 Å². The maximum atomic E-state index is 13.6. The van der Waals surface area contributed by atoms with Gasteiger partial charge in [-0.15, -0.1) is 0 Å². The maximum Gasteiger partial charge on any atom is 0.261 e. The number of fused-ring (bicyclic) bond motifs is 1. The molecule has 0 saturated carbocycles. The van der Waals surface area contributed by atoms with Gasteiger partial charge in [0, 0.05) is 6.54 Å². The SMILES string of the molecule is CCCCCCOc1ccccc1-c1nc2ccccc2c(=O)n1CCc1ccc(OC)cc1.